The van der Waals surface area contributed by atoms with Gasteiger partial charge in [0.25, 0.3) is 0 Å². The molecule has 0 radical (unpaired) electrons. The lowest BCUT2D eigenvalue weighted by atomic mass is 10.1. The second-order valence-corrected chi connectivity index (χ2v) is 4.45. The molecule has 1 amide bonds. The van der Waals surface area contributed by atoms with E-state index >= 15 is 0 Å². The van der Waals surface area contributed by atoms with Crippen molar-refractivity contribution in [2.45, 2.75) is 0 Å². The highest BCUT2D eigenvalue weighted by molar-refractivity contribution is 6.03. The number of fused-ring (bicyclic) bond motifs is 1. The Morgan fingerprint density at radius 2 is 2.10 bits per heavy atom. The summed E-state index contributed by atoms with van der Waals surface area (Å²) in [5.41, 5.74) is 0.602. The van der Waals surface area contributed by atoms with E-state index in [4.69, 9.17) is 5.11 Å². The van der Waals surface area contributed by atoms with Crippen LogP contribution in [0.4, 0.5) is 21.6 Å². The standard InChI is InChI=1S/C14H10FN3O3/c15-12-8(14(20)21)5-6-16-13(12)18-7-11(19)17-9-3-1-2-4-10(9)18/h1-6H,7H2,(H,17,19)(H,20,21). The first-order valence-corrected chi connectivity index (χ1v) is 6.12. The summed E-state index contributed by atoms with van der Waals surface area (Å²) in [7, 11) is 0. The van der Waals surface area contributed by atoms with Crippen molar-refractivity contribution in [1.29, 1.82) is 0 Å². The molecule has 1 aliphatic heterocycles. The maximum absolute atomic E-state index is 14.3. The highest BCUT2D eigenvalue weighted by atomic mass is 19.1. The molecule has 0 saturated carbocycles. The van der Waals surface area contributed by atoms with Gasteiger partial charge < -0.3 is 15.3 Å². The lowest BCUT2D eigenvalue weighted by Crippen LogP contribution is -2.36. The van der Waals surface area contributed by atoms with Gasteiger partial charge in [0, 0.05) is 6.20 Å². The van der Waals surface area contributed by atoms with Gasteiger partial charge in [-0.3, -0.25) is 4.79 Å². The smallest absolute Gasteiger partial charge is 0.338 e. The Morgan fingerprint density at radius 3 is 2.86 bits per heavy atom. The molecule has 1 aliphatic rings. The van der Waals surface area contributed by atoms with Crippen LogP contribution >= 0.6 is 0 Å². The fraction of sp³-hybridized carbons (Fsp3) is 0.0714. The molecule has 6 nitrogen and oxygen atoms in total. The molecule has 0 saturated heterocycles. The summed E-state index contributed by atoms with van der Waals surface area (Å²) in [5, 5.41) is 11.6. The van der Waals surface area contributed by atoms with Crippen LogP contribution in [0.3, 0.4) is 0 Å². The number of nitrogens with one attached hydrogen (secondary N) is 1. The number of carboxylic acids is 1. The third-order valence-electron chi connectivity index (χ3n) is 3.13. The molecular formula is C14H10FN3O3. The lowest BCUT2D eigenvalue weighted by Gasteiger charge is -2.30. The van der Waals surface area contributed by atoms with Gasteiger partial charge in [-0.25, -0.2) is 14.2 Å². The number of anilines is 3. The monoisotopic (exact) mass is 287 g/mol. The van der Waals surface area contributed by atoms with Crippen LogP contribution in [0.1, 0.15) is 10.4 Å². The van der Waals surface area contributed by atoms with Gasteiger partial charge in [0.15, 0.2) is 11.6 Å². The van der Waals surface area contributed by atoms with Gasteiger partial charge in [-0.15, -0.1) is 0 Å². The summed E-state index contributed by atoms with van der Waals surface area (Å²) in [4.78, 5) is 28.0. The molecule has 1 aromatic heterocycles. The van der Waals surface area contributed by atoms with E-state index in [9.17, 15) is 14.0 Å². The van der Waals surface area contributed by atoms with E-state index in [0.717, 1.165) is 6.07 Å². The number of benzene rings is 1. The third-order valence-corrected chi connectivity index (χ3v) is 3.13. The second-order valence-electron chi connectivity index (χ2n) is 4.45. The summed E-state index contributed by atoms with van der Waals surface area (Å²) in [6.07, 6.45) is 1.21. The zero-order valence-electron chi connectivity index (χ0n) is 10.7. The second kappa shape index (κ2) is 4.86. The van der Waals surface area contributed by atoms with E-state index in [2.05, 4.69) is 10.3 Å². The number of nitrogens with zero attached hydrogens (tertiary/aromatic N) is 2. The normalized spacial score (nSPS) is 13.6. The Labute approximate surface area is 118 Å². The minimum absolute atomic E-state index is 0.135. The maximum atomic E-state index is 14.3. The molecule has 106 valence electrons. The summed E-state index contributed by atoms with van der Waals surface area (Å²) in [6.45, 7) is -0.135. The van der Waals surface area contributed by atoms with Crippen LogP contribution in [-0.2, 0) is 4.79 Å². The first-order chi connectivity index (χ1) is 10.1. The number of hydrogen-bond acceptors (Lipinski definition) is 4. The van der Waals surface area contributed by atoms with Crippen molar-refractivity contribution in [2.75, 3.05) is 16.8 Å². The fourth-order valence-electron chi connectivity index (χ4n) is 2.21. The summed E-state index contributed by atoms with van der Waals surface area (Å²) in [5.74, 6) is -2.85. The van der Waals surface area contributed by atoms with Crippen molar-refractivity contribution in [2.24, 2.45) is 0 Å². The van der Waals surface area contributed by atoms with Crippen molar-refractivity contribution >= 4 is 29.1 Å². The highest BCUT2D eigenvalue weighted by Gasteiger charge is 2.27. The van der Waals surface area contributed by atoms with Gasteiger partial charge in [-0.2, -0.15) is 0 Å². The van der Waals surface area contributed by atoms with E-state index in [1.54, 1.807) is 24.3 Å². The fourth-order valence-corrected chi connectivity index (χ4v) is 2.21. The summed E-state index contributed by atoms with van der Waals surface area (Å²) >= 11 is 0. The zero-order valence-corrected chi connectivity index (χ0v) is 10.7. The largest absolute Gasteiger partial charge is 0.478 e. The molecule has 0 aliphatic carbocycles. The van der Waals surface area contributed by atoms with Crippen LogP contribution in [0.15, 0.2) is 36.5 Å². The molecule has 2 N–H and O–H groups in total. The lowest BCUT2D eigenvalue weighted by molar-refractivity contribution is -0.115. The van der Waals surface area contributed by atoms with Crippen LogP contribution in [-0.4, -0.2) is 28.5 Å². The van der Waals surface area contributed by atoms with Gasteiger partial charge in [0.2, 0.25) is 5.91 Å². The topological polar surface area (TPSA) is 82.5 Å². The van der Waals surface area contributed by atoms with Gasteiger partial charge >= 0.3 is 5.97 Å². The van der Waals surface area contributed by atoms with Gasteiger partial charge in [0.05, 0.1) is 11.4 Å². The van der Waals surface area contributed by atoms with Crippen LogP contribution in [0.5, 0.6) is 0 Å². The first kappa shape index (κ1) is 13.0. The number of halogens is 1. The molecule has 1 aromatic carbocycles. The van der Waals surface area contributed by atoms with Gasteiger partial charge in [-0.05, 0) is 18.2 Å². The number of carbonyl (C=O) groups excluding carboxylic acids is 1. The number of rotatable bonds is 2. The van der Waals surface area contributed by atoms with Crippen LogP contribution in [0.25, 0.3) is 0 Å². The van der Waals surface area contributed by atoms with Crippen molar-refractivity contribution in [1.82, 2.24) is 4.98 Å². The summed E-state index contributed by atoms with van der Waals surface area (Å²) in [6, 6.07) is 7.93. The summed E-state index contributed by atoms with van der Waals surface area (Å²) < 4.78 is 14.3. The van der Waals surface area contributed by atoms with Crippen molar-refractivity contribution < 1.29 is 19.1 Å². The molecule has 0 unspecified atom stereocenters. The minimum Gasteiger partial charge on any atom is -0.478 e. The molecule has 21 heavy (non-hydrogen) atoms. The number of amides is 1. The highest BCUT2D eigenvalue weighted by Crippen LogP contribution is 2.35. The number of aromatic nitrogens is 1. The molecule has 2 heterocycles. The Morgan fingerprint density at radius 1 is 1.33 bits per heavy atom. The predicted octanol–water partition coefficient (Wildman–Crippen LogP) is 2.01. The van der Waals surface area contributed by atoms with Crippen LogP contribution in [0.2, 0.25) is 0 Å². The number of aromatic carboxylic acids is 1. The zero-order chi connectivity index (χ0) is 15.0. The van der Waals surface area contributed by atoms with Crippen LogP contribution < -0.4 is 10.2 Å². The van der Waals surface area contributed by atoms with Crippen molar-refractivity contribution in [3.05, 3.63) is 47.9 Å². The third kappa shape index (κ3) is 2.18. The minimum atomic E-state index is -1.38. The number of hydrogen-bond donors (Lipinski definition) is 2. The molecule has 2 aromatic rings. The molecule has 3 rings (SSSR count). The van der Waals surface area contributed by atoms with Crippen molar-refractivity contribution in [3.63, 3.8) is 0 Å². The molecule has 7 heteroatoms. The average Bonchev–Trinajstić information content (AvgIpc) is 2.46. The first-order valence-electron chi connectivity index (χ1n) is 6.12. The van der Waals surface area contributed by atoms with E-state index in [1.807, 2.05) is 0 Å². The van der Waals surface area contributed by atoms with Gasteiger partial charge in [-0.1, -0.05) is 12.1 Å². The van der Waals surface area contributed by atoms with E-state index in [-0.39, 0.29) is 18.3 Å². The molecule has 0 atom stereocenters. The number of carboxylic acid groups (broad SMARTS) is 1. The number of pyridine rings is 1. The molecular weight excluding hydrogens is 277 g/mol. The molecule has 0 bridgehead atoms. The van der Waals surface area contributed by atoms with Gasteiger partial charge in [0.1, 0.15) is 12.1 Å². The number of carbonyl (C=O) groups is 2. The Bertz CT molecular complexity index is 748. The SMILES string of the molecule is O=C1CN(c2nccc(C(=O)O)c2F)c2ccccc2N1. The Hall–Kier alpha value is -2.96. The Balaban J connectivity index is 2.15. The van der Waals surface area contributed by atoms with Crippen LogP contribution in [0, 0.1) is 5.82 Å². The maximum Gasteiger partial charge on any atom is 0.338 e. The average molecular weight is 287 g/mol. The Kier molecular flexibility index (Phi) is 3.02. The van der Waals surface area contributed by atoms with E-state index in [0.29, 0.717) is 11.4 Å². The molecule has 0 spiro atoms. The molecule has 0 fully saturated rings. The quantitative estimate of drug-likeness (QED) is 0.883. The van der Waals surface area contributed by atoms with Crippen molar-refractivity contribution in [3.8, 4) is 0 Å². The van der Waals surface area contributed by atoms with E-state index < -0.39 is 17.3 Å². The predicted molar refractivity (Wildman–Crippen MR) is 73.2 cm³/mol. The van der Waals surface area contributed by atoms with E-state index in [1.165, 1.54) is 11.1 Å². The number of para-hydroxylation sites is 2.